The van der Waals surface area contributed by atoms with Crippen molar-refractivity contribution in [2.75, 3.05) is 36.8 Å². The predicted molar refractivity (Wildman–Crippen MR) is 99.3 cm³/mol. The van der Waals surface area contributed by atoms with E-state index in [1.54, 1.807) is 37.3 Å². The molecule has 3 N–H and O–H groups in total. The first-order valence-corrected chi connectivity index (χ1v) is 8.19. The first-order valence-electron chi connectivity index (χ1n) is 8.19. The van der Waals surface area contributed by atoms with Gasteiger partial charge in [-0.2, -0.15) is 0 Å². The van der Waals surface area contributed by atoms with Crippen molar-refractivity contribution in [2.45, 2.75) is 13.0 Å². The Kier molecular flexibility index (Phi) is 5.02. The Bertz CT molecular complexity index is 886. The largest absolute Gasteiger partial charge is 0.493 e. The number of carbonyl (C=O) groups is 2. The predicted octanol–water partition coefficient (Wildman–Crippen LogP) is 1.43. The van der Waals surface area contributed by atoms with Crippen LogP contribution in [-0.2, 0) is 9.59 Å². The van der Waals surface area contributed by atoms with Crippen LogP contribution in [0.25, 0.3) is 0 Å². The molecule has 2 heterocycles. The fourth-order valence-electron chi connectivity index (χ4n) is 2.74. The summed E-state index contributed by atoms with van der Waals surface area (Å²) in [5.74, 6) is 1.09. The van der Waals surface area contributed by atoms with Gasteiger partial charge in [0.05, 0.1) is 14.2 Å². The summed E-state index contributed by atoms with van der Waals surface area (Å²) in [4.78, 5) is 30.5. The van der Waals surface area contributed by atoms with Crippen molar-refractivity contribution < 1.29 is 23.8 Å². The van der Waals surface area contributed by atoms with E-state index in [1.807, 2.05) is 0 Å². The number of pyridine rings is 1. The summed E-state index contributed by atoms with van der Waals surface area (Å²) >= 11 is 0. The molecule has 1 unspecified atom stereocenters. The van der Waals surface area contributed by atoms with Gasteiger partial charge in [-0.05, 0) is 31.2 Å². The number of ether oxygens (including phenoxy) is 3. The number of methoxy groups -OCH3 is 2. The van der Waals surface area contributed by atoms with Gasteiger partial charge in [-0.1, -0.05) is 0 Å². The zero-order valence-electron chi connectivity index (χ0n) is 15.2. The summed E-state index contributed by atoms with van der Waals surface area (Å²) in [7, 11) is 3.03. The summed E-state index contributed by atoms with van der Waals surface area (Å²) in [6.07, 6.45) is 0. The second-order valence-electron chi connectivity index (χ2n) is 5.85. The van der Waals surface area contributed by atoms with Gasteiger partial charge in [0.25, 0.3) is 5.91 Å². The lowest BCUT2D eigenvalue weighted by atomic mass is 10.2. The van der Waals surface area contributed by atoms with Crippen LogP contribution in [0.15, 0.2) is 30.3 Å². The molecule has 0 aliphatic carbocycles. The van der Waals surface area contributed by atoms with E-state index in [0.29, 0.717) is 22.9 Å². The minimum Gasteiger partial charge on any atom is -0.493 e. The first kappa shape index (κ1) is 18.3. The number of aromatic nitrogens is 1. The van der Waals surface area contributed by atoms with Gasteiger partial charge in [0.15, 0.2) is 29.7 Å². The van der Waals surface area contributed by atoms with E-state index in [4.69, 9.17) is 19.9 Å². The third-order valence-corrected chi connectivity index (χ3v) is 4.13. The Morgan fingerprint density at radius 3 is 2.70 bits per heavy atom. The normalized spacial score (nSPS) is 14.0. The van der Waals surface area contributed by atoms with Crippen LogP contribution >= 0.6 is 0 Å². The van der Waals surface area contributed by atoms with Crippen molar-refractivity contribution >= 4 is 29.1 Å². The molecule has 0 radical (unpaired) electrons. The fourth-order valence-corrected chi connectivity index (χ4v) is 2.74. The second-order valence-corrected chi connectivity index (χ2v) is 5.85. The lowest BCUT2D eigenvalue weighted by Gasteiger charge is -2.32. The van der Waals surface area contributed by atoms with Crippen LogP contribution < -0.4 is 30.2 Å². The molecule has 0 spiro atoms. The Morgan fingerprint density at radius 2 is 2.00 bits per heavy atom. The molecule has 0 bridgehead atoms. The Balaban J connectivity index is 1.84. The summed E-state index contributed by atoms with van der Waals surface area (Å²) in [5, 5.41) is 2.76. The highest BCUT2D eigenvalue weighted by atomic mass is 16.5. The molecule has 9 nitrogen and oxygen atoms in total. The molecule has 1 aromatic heterocycles. The van der Waals surface area contributed by atoms with E-state index in [1.165, 1.54) is 19.1 Å². The summed E-state index contributed by atoms with van der Waals surface area (Å²) in [6.45, 7) is 1.43. The molecule has 142 valence electrons. The lowest BCUT2D eigenvalue weighted by molar-refractivity contribution is -0.125. The maximum Gasteiger partial charge on any atom is 0.266 e. The molecule has 3 rings (SSSR count). The van der Waals surface area contributed by atoms with Crippen LogP contribution in [0.2, 0.25) is 0 Å². The quantitative estimate of drug-likeness (QED) is 0.815. The van der Waals surface area contributed by atoms with Gasteiger partial charge in [-0.25, -0.2) is 4.98 Å². The van der Waals surface area contributed by atoms with E-state index in [9.17, 15) is 9.59 Å². The monoisotopic (exact) mass is 372 g/mol. The topological polar surface area (TPSA) is 116 Å². The SMILES string of the molecule is COc1ccc(NC(=O)C(C)N2C(=O)COc3ccc(N)nc32)cc1OC. The number of hydrogen-bond donors (Lipinski definition) is 2. The van der Waals surface area contributed by atoms with E-state index < -0.39 is 11.9 Å². The molecule has 2 aromatic rings. The van der Waals surface area contributed by atoms with Gasteiger partial charge in [0.2, 0.25) is 5.91 Å². The number of nitrogens with two attached hydrogens (primary N) is 1. The van der Waals surface area contributed by atoms with E-state index in [2.05, 4.69) is 10.3 Å². The van der Waals surface area contributed by atoms with Crippen LogP contribution in [0.4, 0.5) is 17.3 Å². The Labute approximate surface area is 156 Å². The zero-order chi connectivity index (χ0) is 19.6. The number of amides is 2. The van der Waals surface area contributed by atoms with E-state index in [-0.39, 0.29) is 24.1 Å². The number of nitrogens with zero attached hydrogens (tertiary/aromatic N) is 2. The average Bonchev–Trinajstić information content (AvgIpc) is 2.67. The third kappa shape index (κ3) is 3.57. The standard InChI is InChI=1S/C18H20N4O5/c1-10(18(24)20-11-4-5-12(25-2)14(8-11)26-3)22-16(23)9-27-13-6-7-15(19)21-17(13)22/h4-8,10H,9H2,1-3H3,(H2,19,21)(H,20,24). The number of carbonyl (C=O) groups excluding carboxylic acids is 2. The molecule has 9 heteroatoms. The molecule has 0 saturated heterocycles. The molecule has 1 aromatic carbocycles. The molecule has 27 heavy (non-hydrogen) atoms. The summed E-state index contributed by atoms with van der Waals surface area (Å²) in [5.41, 5.74) is 6.22. The van der Waals surface area contributed by atoms with Crippen LogP contribution in [0.3, 0.4) is 0 Å². The van der Waals surface area contributed by atoms with Crippen molar-refractivity contribution in [3.8, 4) is 17.2 Å². The van der Waals surface area contributed by atoms with Gasteiger partial charge < -0.3 is 25.3 Å². The first-order chi connectivity index (χ1) is 12.9. The third-order valence-electron chi connectivity index (χ3n) is 4.13. The van der Waals surface area contributed by atoms with E-state index >= 15 is 0 Å². The van der Waals surface area contributed by atoms with Crippen molar-refractivity contribution in [3.63, 3.8) is 0 Å². The molecule has 1 aliphatic rings. The van der Waals surface area contributed by atoms with Gasteiger partial charge >= 0.3 is 0 Å². The molecule has 0 saturated carbocycles. The van der Waals surface area contributed by atoms with Crippen LogP contribution in [0.1, 0.15) is 6.92 Å². The van der Waals surface area contributed by atoms with Crippen molar-refractivity contribution in [3.05, 3.63) is 30.3 Å². The smallest absolute Gasteiger partial charge is 0.266 e. The van der Waals surface area contributed by atoms with Crippen molar-refractivity contribution in [1.29, 1.82) is 0 Å². The number of hydrogen-bond acceptors (Lipinski definition) is 7. The maximum atomic E-state index is 12.7. The highest BCUT2D eigenvalue weighted by Gasteiger charge is 2.34. The van der Waals surface area contributed by atoms with Crippen molar-refractivity contribution in [1.82, 2.24) is 4.98 Å². The van der Waals surface area contributed by atoms with Crippen LogP contribution in [0, 0.1) is 0 Å². The van der Waals surface area contributed by atoms with Gasteiger partial charge in [-0.3, -0.25) is 14.5 Å². The number of rotatable bonds is 5. The highest BCUT2D eigenvalue weighted by molar-refractivity contribution is 6.06. The Hall–Kier alpha value is -3.49. The summed E-state index contributed by atoms with van der Waals surface area (Å²) in [6, 6.07) is 7.35. The van der Waals surface area contributed by atoms with Gasteiger partial charge in [-0.15, -0.1) is 0 Å². The molecule has 0 fully saturated rings. The number of benzene rings is 1. The molecular formula is C18H20N4O5. The molecule has 1 aliphatic heterocycles. The Morgan fingerprint density at radius 1 is 1.26 bits per heavy atom. The second kappa shape index (κ2) is 7.40. The van der Waals surface area contributed by atoms with Crippen LogP contribution in [-0.4, -0.2) is 43.7 Å². The van der Waals surface area contributed by atoms with E-state index in [0.717, 1.165) is 0 Å². The van der Waals surface area contributed by atoms with Gasteiger partial charge in [0.1, 0.15) is 11.9 Å². The molecule has 1 atom stereocenters. The van der Waals surface area contributed by atoms with Gasteiger partial charge in [0, 0.05) is 11.8 Å². The molecular weight excluding hydrogens is 352 g/mol. The van der Waals surface area contributed by atoms with Crippen LogP contribution in [0.5, 0.6) is 17.2 Å². The maximum absolute atomic E-state index is 12.7. The fraction of sp³-hybridized carbons (Fsp3) is 0.278. The summed E-state index contributed by atoms with van der Waals surface area (Å²) < 4.78 is 15.8. The average molecular weight is 372 g/mol. The van der Waals surface area contributed by atoms with Crippen molar-refractivity contribution in [2.24, 2.45) is 0 Å². The number of nitrogens with one attached hydrogen (secondary N) is 1. The molecule has 2 amide bonds. The number of nitrogen functional groups attached to an aromatic ring is 1. The zero-order valence-corrected chi connectivity index (χ0v) is 15.2. The number of anilines is 3. The highest BCUT2D eigenvalue weighted by Crippen LogP contribution is 2.33. The lowest BCUT2D eigenvalue weighted by Crippen LogP contribution is -2.50. The minimum absolute atomic E-state index is 0.174. The minimum atomic E-state index is -0.831. The number of fused-ring (bicyclic) bond motifs is 1.